The molecule has 0 bridgehead atoms. The molecule has 2 rings (SSSR count). The number of rotatable bonds is 3. The van der Waals surface area contributed by atoms with Crippen molar-refractivity contribution in [2.75, 3.05) is 0 Å². The number of carbonyl (C=O) groups is 1. The molecular formula is C12H10BrN3O2. The van der Waals surface area contributed by atoms with Crippen LogP contribution in [0.15, 0.2) is 35.1 Å². The Bertz CT molecular complexity index is 602. The molecule has 1 aromatic carbocycles. The Labute approximate surface area is 112 Å². The summed E-state index contributed by atoms with van der Waals surface area (Å²) in [5.74, 6) is -0.00245. The molecule has 92 valence electrons. The number of halogens is 1. The summed E-state index contributed by atoms with van der Waals surface area (Å²) in [5.41, 5.74) is 6.22. The van der Waals surface area contributed by atoms with Gasteiger partial charge in [-0.3, -0.25) is 4.79 Å². The summed E-state index contributed by atoms with van der Waals surface area (Å²) in [6.07, 6.45) is 2.83. The number of primary amides is 1. The number of hydrogen-bond donors (Lipinski definition) is 1. The van der Waals surface area contributed by atoms with E-state index in [1.165, 1.54) is 12.4 Å². The number of benzene rings is 1. The normalized spacial score (nSPS) is 10.1. The molecule has 1 amide bonds. The topological polar surface area (TPSA) is 78.1 Å². The van der Waals surface area contributed by atoms with Gasteiger partial charge in [0.25, 0.3) is 11.8 Å². The standard InChI is InChI=1S/C12H10BrN3O2/c1-7-6-8(2-3-9(7)13)18-12-10(11(14)17)15-4-5-16-12/h2-6H,1H3,(H2,14,17). The van der Waals surface area contributed by atoms with E-state index in [9.17, 15) is 4.79 Å². The lowest BCUT2D eigenvalue weighted by Gasteiger charge is -2.08. The Hall–Kier alpha value is -1.95. The highest BCUT2D eigenvalue weighted by molar-refractivity contribution is 9.10. The van der Waals surface area contributed by atoms with E-state index in [0.717, 1.165) is 10.0 Å². The molecule has 0 radical (unpaired) electrons. The Kier molecular flexibility index (Phi) is 3.57. The molecule has 2 aromatic rings. The number of nitrogens with two attached hydrogens (primary N) is 1. The minimum atomic E-state index is -0.674. The zero-order chi connectivity index (χ0) is 13.1. The maximum Gasteiger partial charge on any atom is 0.272 e. The second-order valence-corrected chi connectivity index (χ2v) is 4.44. The third kappa shape index (κ3) is 2.65. The quantitative estimate of drug-likeness (QED) is 0.944. The van der Waals surface area contributed by atoms with Gasteiger partial charge >= 0.3 is 0 Å². The van der Waals surface area contributed by atoms with Crippen molar-refractivity contribution in [2.24, 2.45) is 5.73 Å². The van der Waals surface area contributed by atoms with Crippen molar-refractivity contribution in [3.05, 3.63) is 46.3 Å². The van der Waals surface area contributed by atoms with Gasteiger partial charge in [0.05, 0.1) is 0 Å². The van der Waals surface area contributed by atoms with Crippen LogP contribution in [0.25, 0.3) is 0 Å². The lowest BCUT2D eigenvalue weighted by atomic mass is 10.2. The minimum Gasteiger partial charge on any atom is -0.437 e. The highest BCUT2D eigenvalue weighted by Crippen LogP contribution is 2.26. The Balaban J connectivity index is 2.34. The van der Waals surface area contributed by atoms with E-state index in [-0.39, 0.29) is 11.6 Å². The second-order valence-electron chi connectivity index (χ2n) is 3.59. The zero-order valence-electron chi connectivity index (χ0n) is 9.55. The molecule has 0 aliphatic heterocycles. The average Bonchev–Trinajstić information content (AvgIpc) is 2.34. The minimum absolute atomic E-state index is 0.0121. The van der Waals surface area contributed by atoms with Gasteiger partial charge in [0.15, 0.2) is 5.69 Å². The molecule has 18 heavy (non-hydrogen) atoms. The first-order valence-electron chi connectivity index (χ1n) is 5.13. The third-order valence-corrected chi connectivity index (χ3v) is 3.13. The van der Waals surface area contributed by atoms with Crippen molar-refractivity contribution in [3.63, 3.8) is 0 Å². The number of ether oxygens (including phenoxy) is 1. The van der Waals surface area contributed by atoms with Gasteiger partial charge in [-0.05, 0) is 30.7 Å². The maximum absolute atomic E-state index is 11.2. The monoisotopic (exact) mass is 307 g/mol. The fraction of sp³-hybridized carbons (Fsp3) is 0.0833. The lowest BCUT2D eigenvalue weighted by molar-refractivity contribution is 0.0992. The third-order valence-electron chi connectivity index (χ3n) is 2.24. The molecule has 0 spiro atoms. The number of amides is 1. The van der Waals surface area contributed by atoms with Gasteiger partial charge in [-0.2, -0.15) is 0 Å². The largest absolute Gasteiger partial charge is 0.437 e. The van der Waals surface area contributed by atoms with E-state index in [2.05, 4.69) is 25.9 Å². The van der Waals surface area contributed by atoms with E-state index in [1.54, 1.807) is 6.07 Å². The predicted molar refractivity (Wildman–Crippen MR) is 69.5 cm³/mol. The van der Waals surface area contributed by atoms with Crippen LogP contribution in [0.4, 0.5) is 0 Å². The van der Waals surface area contributed by atoms with Crippen LogP contribution in [0.1, 0.15) is 16.1 Å². The van der Waals surface area contributed by atoms with Crippen LogP contribution in [-0.4, -0.2) is 15.9 Å². The van der Waals surface area contributed by atoms with Crippen molar-refractivity contribution < 1.29 is 9.53 Å². The summed E-state index contributed by atoms with van der Waals surface area (Å²) < 4.78 is 6.49. The van der Waals surface area contributed by atoms with Crippen LogP contribution in [0.2, 0.25) is 0 Å². The van der Waals surface area contributed by atoms with Gasteiger partial charge < -0.3 is 10.5 Å². The fourth-order valence-corrected chi connectivity index (χ4v) is 1.61. The number of nitrogens with zero attached hydrogens (tertiary/aromatic N) is 2. The average molecular weight is 308 g/mol. The van der Waals surface area contributed by atoms with E-state index in [4.69, 9.17) is 10.5 Å². The molecule has 0 unspecified atom stereocenters. The molecule has 0 fully saturated rings. The van der Waals surface area contributed by atoms with Crippen molar-refractivity contribution in [1.29, 1.82) is 0 Å². The van der Waals surface area contributed by atoms with Gasteiger partial charge in [-0.15, -0.1) is 0 Å². The van der Waals surface area contributed by atoms with Crippen LogP contribution in [0.3, 0.4) is 0 Å². The Morgan fingerprint density at radius 1 is 1.33 bits per heavy atom. The van der Waals surface area contributed by atoms with Crippen LogP contribution in [0, 0.1) is 6.92 Å². The predicted octanol–water partition coefficient (Wildman–Crippen LogP) is 2.44. The molecular weight excluding hydrogens is 298 g/mol. The van der Waals surface area contributed by atoms with Gasteiger partial charge in [0.2, 0.25) is 0 Å². The summed E-state index contributed by atoms with van der Waals surface area (Å²) in [6.45, 7) is 1.93. The summed E-state index contributed by atoms with van der Waals surface area (Å²) in [4.78, 5) is 19.0. The smallest absolute Gasteiger partial charge is 0.272 e. The highest BCUT2D eigenvalue weighted by Gasteiger charge is 2.13. The summed E-state index contributed by atoms with van der Waals surface area (Å²) in [7, 11) is 0. The number of hydrogen-bond acceptors (Lipinski definition) is 4. The SMILES string of the molecule is Cc1cc(Oc2nccnc2C(N)=O)ccc1Br. The van der Waals surface area contributed by atoms with E-state index in [0.29, 0.717) is 5.75 Å². The van der Waals surface area contributed by atoms with Gasteiger partial charge in [-0.25, -0.2) is 9.97 Å². The molecule has 6 heteroatoms. The van der Waals surface area contributed by atoms with Crippen molar-refractivity contribution in [1.82, 2.24) is 9.97 Å². The van der Waals surface area contributed by atoms with Crippen LogP contribution < -0.4 is 10.5 Å². The summed E-state index contributed by atoms with van der Waals surface area (Å²) >= 11 is 3.39. The molecule has 0 saturated carbocycles. The van der Waals surface area contributed by atoms with E-state index < -0.39 is 5.91 Å². The van der Waals surface area contributed by atoms with Gasteiger partial charge in [0.1, 0.15) is 5.75 Å². The first kappa shape index (κ1) is 12.5. The second kappa shape index (κ2) is 5.14. The first-order chi connectivity index (χ1) is 8.58. The number of aromatic nitrogens is 2. The fourth-order valence-electron chi connectivity index (χ4n) is 1.36. The van der Waals surface area contributed by atoms with Crippen molar-refractivity contribution in [2.45, 2.75) is 6.92 Å². The molecule has 1 aromatic heterocycles. The Morgan fingerprint density at radius 2 is 2.06 bits per heavy atom. The van der Waals surface area contributed by atoms with Crippen LogP contribution in [0.5, 0.6) is 11.6 Å². The Morgan fingerprint density at radius 3 is 2.72 bits per heavy atom. The summed E-state index contributed by atoms with van der Waals surface area (Å²) in [5, 5.41) is 0. The first-order valence-corrected chi connectivity index (χ1v) is 5.92. The van der Waals surface area contributed by atoms with Crippen LogP contribution >= 0.6 is 15.9 Å². The molecule has 0 atom stereocenters. The van der Waals surface area contributed by atoms with Crippen molar-refractivity contribution >= 4 is 21.8 Å². The lowest BCUT2D eigenvalue weighted by Crippen LogP contribution is -2.14. The number of aryl methyl sites for hydroxylation is 1. The molecule has 0 aliphatic rings. The highest BCUT2D eigenvalue weighted by atomic mass is 79.9. The molecule has 0 saturated heterocycles. The molecule has 2 N–H and O–H groups in total. The van der Waals surface area contributed by atoms with Gasteiger partial charge in [-0.1, -0.05) is 15.9 Å². The van der Waals surface area contributed by atoms with Gasteiger partial charge in [0, 0.05) is 16.9 Å². The molecule has 0 aliphatic carbocycles. The van der Waals surface area contributed by atoms with Crippen molar-refractivity contribution in [3.8, 4) is 11.6 Å². The van der Waals surface area contributed by atoms with E-state index >= 15 is 0 Å². The zero-order valence-corrected chi connectivity index (χ0v) is 11.1. The number of carbonyl (C=O) groups excluding carboxylic acids is 1. The molecule has 5 nitrogen and oxygen atoms in total. The summed E-state index contributed by atoms with van der Waals surface area (Å²) in [6, 6.07) is 5.44. The van der Waals surface area contributed by atoms with Crippen LogP contribution in [-0.2, 0) is 0 Å². The van der Waals surface area contributed by atoms with E-state index in [1.807, 2.05) is 19.1 Å². The maximum atomic E-state index is 11.2. The molecule has 1 heterocycles.